The van der Waals surface area contributed by atoms with Gasteiger partial charge in [-0.2, -0.15) is 0 Å². The van der Waals surface area contributed by atoms with Crippen LogP contribution in [0.5, 0.6) is 0 Å². The van der Waals surface area contributed by atoms with Crippen molar-refractivity contribution in [3.8, 4) is 0 Å². The molecule has 4 nitrogen and oxygen atoms in total. The number of fused-ring (bicyclic) bond motifs is 2. The molecule has 2 heterocycles. The van der Waals surface area contributed by atoms with E-state index in [1.165, 1.54) is 34.8 Å². The number of benzene rings is 2. The Morgan fingerprint density at radius 3 is 1.43 bits per heavy atom. The largest absolute Gasteiger partial charge is 0.545 e. The third-order valence-corrected chi connectivity index (χ3v) is 6.32. The average Bonchev–Trinajstić information content (AvgIpc) is 3.26. The first-order valence-electron chi connectivity index (χ1n) is 8.35. The number of hydrogen-bond acceptors (Lipinski definition) is 6. The lowest BCUT2D eigenvalue weighted by atomic mass is 10.0. The molecular weight excluding hydrogens is 392 g/mol. The summed E-state index contributed by atoms with van der Waals surface area (Å²) in [6.45, 7) is 0. The van der Waals surface area contributed by atoms with Gasteiger partial charge >= 0.3 is 0 Å². The smallest absolute Gasteiger partial charge is 0.0722 e. The number of carboxylic acids is 2. The lowest BCUT2D eigenvalue weighted by Gasteiger charge is -2.14. The van der Waals surface area contributed by atoms with E-state index < -0.39 is 23.1 Å². The molecule has 2 aromatic carbocycles. The number of hydrogen-bond donors (Lipinski definition) is 0. The Labute approximate surface area is 168 Å². The van der Waals surface area contributed by atoms with E-state index in [0.717, 1.165) is 20.2 Å². The molecule has 0 saturated carbocycles. The molecule has 0 spiro atoms. The SMILES string of the molecule is O=C([O-])C(=C\c1cc2ccccc2s1)/C(=C\c1cc2ccccc2s1)C(=O)[O-]. The van der Waals surface area contributed by atoms with E-state index in [2.05, 4.69) is 0 Å². The average molecular weight is 404 g/mol. The van der Waals surface area contributed by atoms with Crippen LogP contribution < -0.4 is 10.2 Å². The van der Waals surface area contributed by atoms with Crippen LogP contribution in [0.1, 0.15) is 9.75 Å². The lowest BCUT2D eigenvalue weighted by Crippen LogP contribution is -2.32. The van der Waals surface area contributed by atoms with Gasteiger partial charge in [0.1, 0.15) is 0 Å². The van der Waals surface area contributed by atoms with Crippen molar-refractivity contribution in [3.63, 3.8) is 0 Å². The predicted octanol–water partition coefficient (Wildman–Crippen LogP) is 3.08. The summed E-state index contributed by atoms with van der Waals surface area (Å²) in [5.41, 5.74) is -0.826. The van der Waals surface area contributed by atoms with E-state index >= 15 is 0 Å². The maximum atomic E-state index is 11.7. The summed E-state index contributed by atoms with van der Waals surface area (Å²) in [5, 5.41) is 25.4. The molecule has 0 atom stereocenters. The van der Waals surface area contributed by atoms with Crippen molar-refractivity contribution < 1.29 is 19.8 Å². The summed E-state index contributed by atoms with van der Waals surface area (Å²) in [6, 6.07) is 18.8. The van der Waals surface area contributed by atoms with Crippen LogP contribution in [0.3, 0.4) is 0 Å². The topological polar surface area (TPSA) is 80.3 Å². The van der Waals surface area contributed by atoms with Gasteiger partial charge in [0.25, 0.3) is 0 Å². The van der Waals surface area contributed by atoms with E-state index in [1.807, 2.05) is 60.7 Å². The highest BCUT2D eigenvalue weighted by molar-refractivity contribution is 7.20. The molecule has 2 aromatic heterocycles. The van der Waals surface area contributed by atoms with Crippen molar-refractivity contribution in [1.29, 1.82) is 0 Å². The van der Waals surface area contributed by atoms with Gasteiger partial charge in [-0.05, 0) is 47.2 Å². The van der Waals surface area contributed by atoms with Crippen LogP contribution in [0.2, 0.25) is 0 Å². The van der Waals surface area contributed by atoms with Crippen LogP contribution in [0, 0.1) is 0 Å². The minimum atomic E-state index is -1.56. The second kappa shape index (κ2) is 7.42. The second-order valence-corrected chi connectivity index (χ2v) is 8.29. The molecule has 6 heteroatoms. The highest BCUT2D eigenvalue weighted by Crippen LogP contribution is 2.30. The number of aliphatic carboxylic acids is 2. The first-order chi connectivity index (χ1) is 13.5. The van der Waals surface area contributed by atoms with Crippen LogP contribution in [-0.4, -0.2) is 11.9 Å². The van der Waals surface area contributed by atoms with Crippen molar-refractivity contribution in [2.45, 2.75) is 0 Å². The van der Waals surface area contributed by atoms with Gasteiger partial charge in [-0.3, -0.25) is 0 Å². The number of thiophene rings is 2. The van der Waals surface area contributed by atoms with E-state index in [0.29, 0.717) is 9.75 Å². The molecule has 0 aliphatic heterocycles. The summed E-state index contributed by atoms with van der Waals surface area (Å²) in [7, 11) is 0. The van der Waals surface area contributed by atoms with Gasteiger partial charge in [-0.25, -0.2) is 0 Å². The molecule has 0 saturated heterocycles. The monoisotopic (exact) mass is 404 g/mol. The highest BCUT2D eigenvalue weighted by Gasteiger charge is 2.11. The van der Waals surface area contributed by atoms with Gasteiger partial charge in [0.2, 0.25) is 0 Å². The van der Waals surface area contributed by atoms with Gasteiger partial charge < -0.3 is 19.8 Å². The predicted molar refractivity (Wildman–Crippen MR) is 110 cm³/mol. The molecule has 0 aliphatic carbocycles. The minimum absolute atomic E-state index is 0.413. The van der Waals surface area contributed by atoms with Gasteiger partial charge in [0.05, 0.1) is 11.9 Å². The molecule has 4 aromatic rings. The van der Waals surface area contributed by atoms with Crippen LogP contribution in [-0.2, 0) is 9.59 Å². The van der Waals surface area contributed by atoms with Crippen molar-refractivity contribution in [3.05, 3.63) is 81.6 Å². The third-order valence-electron chi connectivity index (χ3n) is 4.19. The first kappa shape index (κ1) is 18.2. The summed E-state index contributed by atoms with van der Waals surface area (Å²) >= 11 is 2.75. The van der Waals surface area contributed by atoms with Crippen LogP contribution >= 0.6 is 22.7 Å². The standard InChI is InChI=1S/C22H14O4S2/c23-21(24)17(11-15-9-13-5-1-3-7-19(13)27-15)18(22(25)26)12-16-10-14-6-2-4-8-20(14)28-16/h1-12H,(H,23,24)(H,25,26)/p-2/b17-11-,18-12+. The highest BCUT2D eigenvalue weighted by atomic mass is 32.1. The summed E-state index contributed by atoms with van der Waals surface area (Å²) < 4.78 is 1.96. The van der Waals surface area contributed by atoms with Crippen molar-refractivity contribution in [2.75, 3.05) is 0 Å². The van der Waals surface area contributed by atoms with E-state index in [1.54, 1.807) is 0 Å². The third kappa shape index (κ3) is 3.60. The molecule has 0 aliphatic rings. The van der Waals surface area contributed by atoms with E-state index in [-0.39, 0.29) is 0 Å². The minimum Gasteiger partial charge on any atom is -0.545 e. The number of carbonyl (C=O) groups excluding carboxylic acids is 2. The fraction of sp³-hybridized carbons (Fsp3) is 0. The summed E-state index contributed by atoms with van der Waals surface area (Å²) in [4.78, 5) is 24.7. The first-order valence-corrected chi connectivity index (χ1v) is 9.98. The lowest BCUT2D eigenvalue weighted by molar-refractivity contribution is -0.304. The molecule has 0 fully saturated rings. The Morgan fingerprint density at radius 2 is 1.07 bits per heavy atom. The van der Waals surface area contributed by atoms with Crippen LogP contribution in [0.4, 0.5) is 0 Å². The van der Waals surface area contributed by atoms with Gasteiger partial charge in [0.15, 0.2) is 0 Å². The summed E-state index contributed by atoms with van der Waals surface area (Å²) in [6.07, 6.45) is 2.66. The zero-order valence-electron chi connectivity index (χ0n) is 14.4. The van der Waals surface area contributed by atoms with Crippen molar-refractivity contribution in [1.82, 2.24) is 0 Å². The maximum Gasteiger partial charge on any atom is 0.0722 e. The molecule has 0 N–H and O–H groups in total. The Bertz CT molecular complexity index is 1110. The number of carboxylic acid groups (broad SMARTS) is 2. The van der Waals surface area contributed by atoms with Gasteiger partial charge in [-0.1, -0.05) is 36.4 Å². The molecule has 0 bridgehead atoms. The fourth-order valence-corrected chi connectivity index (χ4v) is 4.94. The maximum absolute atomic E-state index is 11.7. The quantitative estimate of drug-likeness (QED) is 0.378. The number of rotatable bonds is 5. The Hall–Kier alpha value is -3.22. The van der Waals surface area contributed by atoms with Gasteiger partial charge in [0, 0.05) is 30.3 Å². The van der Waals surface area contributed by atoms with Crippen LogP contribution in [0.25, 0.3) is 32.3 Å². The normalized spacial score (nSPS) is 12.6. The van der Waals surface area contributed by atoms with Crippen molar-refractivity contribution >= 4 is 66.9 Å². The molecule has 4 rings (SSSR count). The van der Waals surface area contributed by atoms with Crippen LogP contribution in [0.15, 0.2) is 71.8 Å². The van der Waals surface area contributed by atoms with E-state index in [9.17, 15) is 19.8 Å². The Balaban J connectivity index is 1.82. The molecule has 138 valence electrons. The van der Waals surface area contributed by atoms with Crippen molar-refractivity contribution in [2.24, 2.45) is 0 Å². The molecule has 0 radical (unpaired) electrons. The fourth-order valence-electron chi connectivity index (χ4n) is 2.92. The summed E-state index contributed by atoms with van der Waals surface area (Å²) in [5.74, 6) is -3.12. The van der Waals surface area contributed by atoms with E-state index in [4.69, 9.17) is 0 Å². The zero-order valence-corrected chi connectivity index (χ0v) is 16.0. The molecule has 0 unspecified atom stereocenters. The second-order valence-electron chi connectivity index (χ2n) is 6.06. The molecular formula is C22H12O4S2-2. The molecule has 28 heavy (non-hydrogen) atoms. The Kier molecular flexibility index (Phi) is 4.81. The molecule has 0 amide bonds. The van der Waals surface area contributed by atoms with Gasteiger partial charge in [-0.15, -0.1) is 22.7 Å². The zero-order chi connectivity index (χ0) is 19.7. The number of carbonyl (C=O) groups is 2. The Morgan fingerprint density at radius 1 is 0.679 bits per heavy atom.